The lowest BCUT2D eigenvalue weighted by molar-refractivity contribution is 0.0834. The Bertz CT molecular complexity index is 431. The number of carbonyl (C=O) groups excluding carboxylic acids is 1. The number of Topliss-reactive ketones (excluding diaryl/α,β-unsaturated/α-hetero) is 1. The normalized spacial score (nSPS) is 24.8. The number of carbonyl (C=O) groups is 1. The third kappa shape index (κ3) is 1.43. The molecule has 15 heavy (non-hydrogen) atoms. The second kappa shape index (κ2) is 3.34. The van der Waals surface area contributed by atoms with Gasteiger partial charge in [-0.15, -0.1) is 0 Å². The SMILES string of the molecule is C=C(C)C1(C)CCc2ccccc2C1=O. The quantitative estimate of drug-likeness (QED) is 0.635. The van der Waals surface area contributed by atoms with Crippen LogP contribution < -0.4 is 0 Å². The third-order valence-corrected chi connectivity index (χ3v) is 3.60. The average molecular weight is 200 g/mol. The second-order valence-electron chi connectivity index (χ2n) is 4.60. The van der Waals surface area contributed by atoms with Crippen molar-refractivity contribution in [1.29, 1.82) is 0 Å². The van der Waals surface area contributed by atoms with E-state index < -0.39 is 0 Å². The molecule has 1 nitrogen and oxygen atoms in total. The highest BCUT2D eigenvalue weighted by Crippen LogP contribution is 2.39. The standard InChI is InChI=1S/C14H16O/c1-10(2)14(3)9-8-11-6-4-5-7-12(11)13(14)15/h4-7H,1,8-9H2,2-3H3. The van der Waals surface area contributed by atoms with Gasteiger partial charge >= 0.3 is 0 Å². The molecule has 0 N–H and O–H groups in total. The molecule has 0 spiro atoms. The molecule has 2 rings (SSSR count). The van der Waals surface area contributed by atoms with Gasteiger partial charge in [0, 0.05) is 5.56 Å². The first-order chi connectivity index (χ1) is 7.05. The highest BCUT2D eigenvalue weighted by Gasteiger charge is 2.38. The maximum atomic E-state index is 12.3. The van der Waals surface area contributed by atoms with Gasteiger partial charge in [-0.05, 0) is 32.3 Å². The van der Waals surface area contributed by atoms with Crippen LogP contribution in [0.4, 0.5) is 0 Å². The first-order valence-corrected chi connectivity index (χ1v) is 5.34. The van der Waals surface area contributed by atoms with Crippen LogP contribution >= 0.6 is 0 Å². The van der Waals surface area contributed by atoms with E-state index in [1.54, 1.807) is 0 Å². The van der Waals surface area contributed by atoms with Gasteiger partial charge in [-0.1, -0.05) is 36.4 Å². The summed E-state index contributed by atoms with van der Waals surface area (Å²) in [7, 11) is 0. The summed E-state index contributed by atoms with van der Waals surface area (Å²) >= 11 is 0. The topological polar surface area (TPSA) is 17.1 Å². The smallest absolute Gasteiger partial charge is 0.173 e. The van der Waals surface area contributed by atoms with Crippen molar-refractivity contribution in [3.63, 3.8) is 0 Å². The maximum absolute atomic E-state index is 12.3. The molecule has 1 aromatic carbocycles. The summed E-state index contributed by atoms with van der Waals surface area (Å²) in [6.45, 7) is 7.91. The number of aryl methyl sites for hydroxylation is 1. The van der Waals surface area contributed by atoms with Crippen LogP contribution in [0.3, 0.4) is 0 Å². The Morgan fingerprint density at radius 2 is 2.07 bits per heavy atom. The van der Waals surface area contributed by atoms with Crippen molar-refractivity contribution < 1.29 is 4.79 Å². The van der Waals surface area contributed by atoms with E-state index >= 15 is 0 Å². The summed E-state index contributed by atoms with van der Waals surface area (Å²) in [6, 6.07) is 7.90. The van der Waals surface area contributed by atoms with Crippen molar-refractivity contribution >= 4 is 5.78 Å². The fourth-order valence-electron chi connectivity index (χ4n) is 2.16. The van der Waals surface area contributed by atoms with Crippen LogP contribution in [-0.4, -0.2) is 5.78 Å². The minimum atomic E-state index is -0.353. The zero-order valence-corrected chi connectivity index (χ0v) is 9.34. The lowest BCUT2D eigenvalue weighted by Crippen LogP contribution is -2.34. The molecule has 0 radical (unpaired) electrons. The molecule has 0 saturated carbocycles. The highest BCUT2D eigenvalue weighted by atomic mass is 16.1. The van der Waals surface area contributed by atoms with Gasteiger partial charge in [0.05, 0.1) is 5.41 Å². The van der Waals surface area contributed by atoms with Crippen LogP contribution in [0.5, 0.6) is 0 Å². The summed E-state index contributed by atoms with van der Waals surface area (Å²) in [6.07, 6.45) is 1.86. The molecule has 0 aliphatic heterocycles. The largest absolute Gasteiger partial charge is 0.293 e. The molecule has 0 bridgehead atoms. The number of benzene rings is 1. The lowest BCUT2D eigenvalue weighted by Gasteiger charge is -2.33. The molecule has 1 atom stereocenters. The molecule has 1 aliphatic rings. The van der Waals surface area contributed by atoms with E-state index in [1.165, 1.54) is 5.56 Å². The molecule has 0 aromatic heterocycles. The third-order valence-electron chi connectivity index (χ3n) is 3.60. The fraction of sp³-hybridized carbons (Fsp3) is 0.357. The molecular formula is C14H16O. The Balaban J connectivity index is 2.51. The zero-order chi connectivity index (χ0) is 11.1. The van der Waals surface area contributed by atoms with Crippen LogP contribution in [0.2, 0.25) is 0 Å². The van der Waals surface area contributed by atoms with Crippen LogP contribution in [-0.2, 0) is 6.42 Å². The Kier molecular flexibility index (Phi) is 2.26. The summed E-state index contributed by atoms with van der Waals surface area (Å²) < 4.78 is 0. The predicted molar refractivity (Wildman–Crippen MR) is 62.0 cm³/mol. The number of hydrogen-bond donors (Lipinski definition) is 0. The van der Waals surface area contributed by atoms with E-state index in [4.69, 9.17) is 0 Å². The average Bonchev–Trinajstić information content (AvgIpc) is 2.24. The summed E-state index contributed by atoms with van der Waals surface area (Å²) in [4.78, 5) is 12.3. The van der Waals surface area contributed by atoms with Gasteiger partial charge in [0.15, 0.2) is 5.78 Å². The first kappa shape index (κ1) is 10.2. The monoisotopic (exact) mass is 200 g/mol. The minimum Gasteiger partial charge on any atom is -0.293 e. The van der Waals surface area contributed by atoms with E-state index in [-0.39, 0.29) is 11.2 Å². The summed E-state index contributed by atoms with van der Waals surface area (Å²) in [5.41, 5.74) is 2.69. The molecular weight excluding hydrogens is 184 g/mol. The van der Waals surface area contributed by atoms with E-state index in [9.17, 15) is 4.79 Å². The molecule has 1 aliphatic carbocycles. The number of fused-ring (bicyclic) bond motifs is 1. The van der Waals surface area contributed by atoms with Gasteiger partial charge in [-0.25, -0.2) is 0 Å². The number of rotatable bonds is 1. The Hall–Kier alpha value is -1.37. The number of hydrogen-bond acceptors (Lipinski definition) is 1. The van der Waals surface area contributed by atoms with Gasteiger partial charge in [0.2, 0.25) is 0 Å². The summed E-state index contributed by atoms with van der Waals surface area (Å²) in [5, 5.41) is 0. The molecule has 0 fully saturated rings. The predicted octanol–water partition coefficient (Wildman–Crippen LogP) is 3.40. The van der Waals surface area contributed by atoms with Gasteiger partial charge in [0.1, 0.15) is 0 Å². The Morgan fingerprint density at radius 3 is 2.73 bits per heavy atom. The highest BCUT2D eigenvalue weighted by molar-refractivity contribution is 6.04. The lowest BCUT2D eigenvalue weighted by atomic mass is 9.68. The van der Waals surface area contributed by atoms with Gasteiger partial charge in [-0.2, -0.15) is 0 Å². The van der Waals surface area contributed by atoms with Gasteiger partial charge in [0.25, 0.3) is 0 Å². The maximum Gasteiger partial charge on any atom is 0.173 e. The molecule has 1 unspecified atom stereocenters. The Labute approximate surface area is 90.8 Å². The molecule has 0 heterocycles. The van der Waals surface area contributed by atoms with Crippen LogP contribution in [0, 0.1) is 5.41 Å². The van der Waals surface area contributed by atoms with Crippen molar-refractivity contribution in [1.82, 2.24) is 0 Å². The second-order valence-corrected chi connectivity index (χ2v) is 4.60. The molecule has 0 saturated heterocycles. The van der Waals surface area contributed by atoms with E-state index in [0.717, 1.165) is 24.0 Å². The number of allylic oxidation sites excluding steroid dienone is 1. The fourth-order valence-corrected chi connectivity index (χ4v) is 2.16. The van der Waals surface area contributed by atoms with Gasteiger partial charge in [-0.3, -0.25) is 4.79 Å². The molecule has 0 amide bonds. The van der Waals surface area contributed by atoms with Crippen molar-refractivity contribution in [3.8, 4) is 0 Å². The molecule has 1 heteroatoms. The van der Waals surface area contributed by atoms with Crippen molar-refractivity contribution in [3.05, 3.63) is 47.5 Å². The molecule has 78 valence electrons. The van der Waals surface area contributed by atoms with E-state index in [2.05, 4.69) is 6.58 Å². The van der Waals surface area contributed by atoms with Crippen molar-refractivity contribution in [2.45, 2.75) is 26.7 Å². The van der Waals surface area contributed by atoms with Crippen molar-refractivity contribution in [2.24, 2.45) is 5.41 Å². The van der Waals surface area contributed by atoms with Crippen LogP contribution in [0.1, 0.15) is 36.2 Å². The Morgan fingerprint density at radius 1 is 1.40 bits per heavy atom. The van der Waals surface area contributed by atoms with E-state index in [0.29, 0.717) is 0 Å². The minimum absolute atomic E-state index is 0.233. The zero-order valence-electron chi connectivity index (χ0n) is 9.34. The van der Waals surface area contributed by atoms with Crippen molar-refractivity contribution in [2.75, 3.05) is 0 Å². The summed E-state index contributed by atoms with van der Waals surface area (Å²) in [5.74, 6) is 0.233. The van der Waals surface area contributed by atoms with Gasteiger partial charge < -0.3 is 0 Å². The number of ketones is 1. The van der Waals surface area contributed by atoms with Crippen LogP contribution in [0.25, 0.3) is 0 Å². The molecule has 1 aromatic rings. The van der Waals surface area contributed by atoms with E-state index in [1.807, 2.05) is 38.1 Å². The van der Waals surface area contributed by atoms with Crippen LogP contribution in [0.15, 0.2) is 36.4 Å². The first-order valence-electron chi connectivity index (χ1n) is 5.34.